The second kappa shape index (κ2) is 12.8. The SMILES string of the molecule is O=[N+]([O-])OP(=O)(O)O.O=[NH+][O-].[NaH].[NaH]. The van der Waals surface area contributed by atoms with E-state index in [1.54, 1.807) is 0 Å². The van der Waals surface area contributed by atoms with Crippen molar-refractivity contribution >= 4 is 66.9 Å². The van der Waals surface area contributed by atoms with E-state index in [4.69, 9.17) is 30.0 Å². The van der Waals surface area contributed by atoms with Crippen molar-refractivity contribution in [1.29, 1.82) is 0 Å². The second-order valence-electron chi connectivity index (χ2n) is 0.879. The van der Waals surface area contributed by atoms with E-state index in [2.05, 4.69) is 4.62 Å². The molecule has 0 aromatic carbocycles. The van der Waals surface area contributed by atoms with E-state index < -0.39 is 12.9 Å². The molecule has 0 radical (unpaired) electrons. The van der Waals surface area contributed by atoms with Crippen LogP contribution in [0.1, 0.15) is 0 Å². The summed E-state index contributed by atoms with van der Waals surface area (Å²) in [5.41, 5.74) is 0. The van der Waals surface area contributed by atoms with Gasteiger partial charge >= 0.3 is 72.0 Å². The molecule has 0 amide bonds. The third-order valence-corrected chi connectivity index (χ3v) is 0.519. The molecule has 0 unspecified atom stereocenters. The van der Waals surface area contributed by atoms with Crippen molar-refractivity contribution in [2.75, 3.05) is 0 Å². The molecule has 0 aliphatic heterocycles. The Morgan fingerprint density at radius 3 is 1.62 bits per heavy atom. The van der Waals surface area contributed by atoms with Gasteiger partial charge in [-0.05, 0) is 0 Å². The molecule has 0 saturated carbocycles. The third-order valence-electron chi connectivity index (χ3n) is 0.173. The monoisotopic (exact) mass is 238 g/mol. The van der Waals surface area contributed by atoms with Crippen molar-refractivity contribution in [2.45, 2.75) is 0 Å². The topological polar surface area (TPSA) is 164 Å². The summed E-state index contributed by atoms with van der Waals surface area (Å²) in [6.45, 7) is 0. The Morgan fingerprint density at radius 1 is 1.38 bits per heavy atom. The molecule has 0 aliphatic rings. The van der Waals surface area contributed by atoms with Crippen molar-refractivity contribution in [2.24, 2.45) is 0 Å². The molecule has 0 aliphatic carbocycles. The molecule has 0 heterocycles. The molecular formula is H5N2Na2O8P. The van der Waals surface area contributed by atoms with Gasteiger partial charge in [-0.25, -0.2) is 4.57 Å². The average Bonchev–Trinajstić information content (AvgIpc) is 1.57. The number of nitrogens with one attached hydrogen (secondary N) is 1. The number of phosphoric acid groups is 1. The van der Waals surface area contributed by atoms with Gasteiger partial charge < -0.3 is 9.79 Å². The molecule has 0 fully saturated rings. The van der Waals surface area contributed by atoms with Gasteiger partial charge in [0.15, 0.2) is 0 Å². The first-order valence-corrected chi connectivity index (χ1v) is 3.25. The Balaban J connectivity index is -0.0000000720. The normalized spacial score (nSPS) is 7.54. The van der Waals surface area contributed by atoms with Gasteiger partial charge in [0.2, 0.25) is 0 Å². The van der Waals surface area contributed by atoms with Gasteiger partial charge in [-0.3, -0.25) is 10.1 Å². The zero-order valence-electron chi connectivity index (χ0n) is 4.74. The molecule has 13 heavy (non-hydrogen) atoms. The fourth-order valence-corrected chi connectivity index (χ4v) is 0.261. The van der Waals surface area contributed by atoms with Crippen LogP contribution in [0.4, 0.5) is 0 Å². The molecule has 0 saturated heterocycles. The van der Waals surface area contributed by atoms with Crippen molar-refractivity contribution < 1.29 is 29.4 Å². The van der Waals surface area contributed by atoms with E-state index in [9.17, 15) is 4.57 Å². The van der Waals surface area contributed by atoms with E-state index in [1.807, 2.05) is 0 Å². The molecular weight excluding hydrogens is 233 g/mol. The molecule has 0 rings (SSSR count). The van der Waals surface area contributed by atoms with E-state index in [0.717, 1.165) is 0 Å². The fraction of sp³-hybridized carbons (Fsp3) is 0. The first-order valence-electron chi connectivity index (χ1n) is 1.72. The number of rotatable bonds is 2. The minimum absolute atomic E-state index is 0. The summed E-state index contributed by atoms with van der Waals surface area (Å²) in [6, 6.07) is 0. The summed E-state index contributed by atoms with van der Waals surface area (Å²) in [5.74, 6) is 0. The van der Waals surface area contributed by atoms with Gasteiger partial charge in [-0.15, -0.1) is 10.1 Å². The molecule has 0 atom stereocenters. The van der Waals surface area contributed by atoms with Crippen LogP contribution >= 0.6 is 7.82 Å². The summed E-state index contributed by atoms with van der Waals surface area (Å²) < 4.78 is 12.3. The molecule has 70 valence electrons. The van der Waals surface area contributed by atoms with Gasteiger partial charge in [0.05, 0.1) is 0 Å². The zero-order chi connectivity index (χ0) is 9.49. The molecule has 0 spiro atoms. The first-order chi connectivity index (χ1) is 4.83. The number of hydrogen-bond donors (Lipinski definition) is 3. The summed E-state index contributed by atoms with van der Waals surface area (Å²) in [5, 5.41) is 15.9. The van der Waals surface area contributed by atoms with Gasteiger partial charge in [0.25, 0.3) is 0 Å². The third kappa shape index (κ3) is 44.6. The fourth-order valence-electron chi connectivity index (χ4n) is 0.0868. The molecule has 0 aromatic heterocycles. The van der Waals surface area contributed by atoms with Crippen LogP contribution in [0.15, 0.2) is 0 Å². The Hall–Kier alpha value is 0.750. The standard InChI is InChI=1S/H2NO6P.HNO2.2Na.2H/c2-1(3)7-8(4,5)6;2-1-3;;;;/h(H2,4,5,6);1H;;;;. The van der Waals surface area contributed by atoms with Crippen LogP contribution in [0, 0.1) is 20.2 Å². The Morgan fingerprint density at radius 2 is 1.62 bits per heavy atom. The van der Waals surface area contributed by atoms with Crippen LogP contribution < -0.4 is 5.34 Å². The van der Waals surface area contributed by atoms with Crippen molar-refractivity contribution in [3.05, 3.63) is 20.2 Å². The van der Waals surface area contributed by atoms with Crippen LogP contribution in [0.5, 0.6) is 0 Å². The quantitative estimate of drug-likeness (QED) is 0.191. The summed E-state index contributed by atoms with van der Waals surface area (Å²) in [4.78, 5) is 32.5. The molecule has 0 aromatic rings. The predicted octanol–water partition coefficient (Wildman–Crippen LogP) is -3.68. The number of hydrogen-bond acceptors (Lipinski definition) is 6. The van der Waals surface area contributed by atoms with Gasteiger partial charge in [0.1, 0.15) is 0 Å². The van der Waals surface area contributed by atoms with Crippen LogP contribution in [-0.2, 0) is 9.19 Å². The average molecular weight is 238 g/mol. The van der Waals surface area contributed by atoms with Gasteiger partial charge in [0, 0.05) is 5.34 Å². The van der Waals surface area contributed by atoms with Crippen molar-refractivity contribution in [3.63, 3.8) is 0 Å². The second-order valence-corrected chi connectivity index (χ2v) is 2.02. The maximum atomic E-state index is 9.47. The van der Waals surface area contributed by atoms with Crippen LogP contribution in [0.3, 0.4) is 0 Å². The molecule has 10 nitrogen and oxygen atoms in total. The summed E-state index contributed by atoms with van der Waals surface area (Å²) in [7, 11) is -4.92. The van der Waals surface area contributed by atoms with E-state index in [0.29, 0.717) is 0 Å². The van der Waals surface area contributed by atoms with Crippen LogP contribution in [-0.4, -0.2) is 74.0 Å². The van der Waals surface area contributed by atoms with E-state index in [-0.39, 0.29) is 64.5 Å². The minimum atomic E-state index is -4.92. The van der Waals surface area contributed by atoms with E-state index in [1.165, 1.54) is 0 Å². The zero-order valence-corrected chi connectivity index (χ0v) is 5.63. The van der Waals surface area contributed by atoms with Gasteiger partial charge in [-0.1, -0.05) is 0 Å². The number of nitrogens with zero attached hydrogens (tertiary/aromatic N) is 1. The Labute approximate surface area is 116 Å². The maximum absolute atomic E-state index is 9.47. The molecule has 3 N–H and O–H groups in total. The first kappa shape index (κ1) is 23.5. The van der Waals surface area contributed by atoms with E-state index >= 15 is 0 Å². The van der Waals surface area contributed by atoms with Crippen LogP contribution in [0.25, 0.3) is 0 Å². The van der Waals surface area contributed by atoms with Crippen molar-refractivity contribution in [1.82, 2.24) is 0 Å². The molecule has 13 heteroatoms. The summed E-state index contributed by atoms with van der Waals surface area (Å²) in [6.07, 6.45) is 0. The Bertz CT molecular complexity index is 175. The van der Waals surface area contributed by atoms with Crippen molar-refractivity contribution in [3.8, 4) is 0 Å². The molecule has 0 bridgehead atoms. The summed E-state index contributed by atoms with van der Waals surface area (Å²) >= 11 is 0. The van der Waals surface area contributed by atoms with Crippen LogP contribution in [0.2, 0.25) is 0 Å². The predicted molar refractivity (Wildman–Crippen MR) is 42.1 cm³/mol. The van der Waals surface area contributed by atoms with Gasteiger partial charge in [-0.2, -0.15) is 4.62 Å². The Kier molecular flexibility index (Phi) is 23.1.